The molecule has 0 bridgehead atoms. The van der Waals surface area contributed by atoms with Gasteiger partial charge in [0.15, 0.2) is 0 Å². The molecule has 3 rings (SSSR count). The lowest BCUT2D eigenvalue weighted by Crippen LogP contribution is -2.47. The second kappa shape index (κ2) is 6.71. The molecule has 2 fully saturated rings. The Morgan fingerprint density at radius 3 is 2.78 bits per heavy atom. The van der Waals surface area contributed by atoms with Gasteiger partial charge in [0.25, 0.3) is 0 Å². The van der Waals surface area contributed by atoms with Crippen LogP contribution in [0.25, 0.3) is 0 Å². The average molecular weight is 317 g/mol. The van der Waals surface area contributed by atoms with E-state index in [4.69, 9.17) is 4.74 Å². The standard InChI is InChI=1S/C18H23NO4/c1-12-4-2-3-5-14(12)17-15(18(21)22)6-7-16(20)19(17)10-13-8-9-23-11-13/h2-5,13,15,17H,6-11H2,1H3,(H,21,22)/t13-,15-,17-/m1/s1. The summed E-state index contributed by atoms with van der Waals surface area (Å²) in [5, 5.41) is 9.66. The van der Waals surface area contributed by atoms with Crippen molar-refractivity contribution in [2.24, 2.45) is 11.8 Å². The highest BCUT2D eigenvalue weighted by Crippen LogP contribution is 2.39. The Balaban J connectivity index is 1.95. The lowest BCUT2D eigenvalue weighted by atomic mass is 9.82. The molecule has 0 aliphatic carbocycles. The summed E-state index contributed by atoms with van der Waals surface area (Å²) in [6.45, 7) is 3.94. The normalized spacial score (nSPS) is 28.1. The van der Waals surface area contributed by atoms with Gasteiger partial charge in [-0.3, -0.25) is 9.59 Å². The number of amides is 1. The Morgan fingerprint density at radius 2 is 2.13 bits per heavy atom. The Labute approximate surface area is 136 Å². The van der Waals surface area contributed by atoms with Crippen molar-refractivity contribution >= 4 is 11.9 Å². The highest BCUT2D eigenvalue weighted by molar-refractivity contribution is 5.82. The number of nitrogens with zero attached hydrogens (tertiary/aromatic N) is 1. The third-order valence-corrected chi connectivity index (χ3v) is 5.01. The van der Waals surface area contributed by atoms with E-state index in [1.807, 2.05) is 31.2 Å². The quantitative estimate of drug-likeness (QED) is 0.926. The van der Waals surface area contributed by atoms with Crippen LogP contribution in [0.1, 0.15) is 36.4 Å². The molecule has 5 heteroatoms. The summed E-state index contributed by atoms with van der Waals surface area (Å²) < 4.78 is 5.42. The first-order chi connectivity index (χ1) is 11.1. The fourth-order valence-electron chi connectivity index (χ4n) is 3.74. The number of carbonyl (C=O) groups excluding carboxylic acids is 1. The van der Waals surface area contributed by atoms with E-state index in [9.17, 15) is 14.7 Å². The zero-order valence-corrected chi connectivity index (χ0v) is 13.4. The predicted molar refractivity (Wildman–Crippen MR) is 84.9 cm³/mol. The molecule has 124 valence electrons. The number of ether oxygens (including phenoxy) is 1. The minimum absolute atomic E-state index is 0.0580. The first kappa shape index (κ1) is 16.0. The Kier molecular flexibility index (Phi) is 4.66. The van der Waals surface area contributed by atoms with Crippen LogP contribution in [-0.2, 0) is 14.3 Å². The van der Waals surface area contributed by atoms with Gasteiger partial charge in [0.2, 0.25) is 5.91 Å². The second-order valence-electron chi connectivity index (χ2n) is 6.56. The molecule has 0 unspecified atom stereocenters. The highest BCUT2D eigenvalue weighted by atomic mass is 16.5. The zero-order valence-electron chi connectivity index (χ0n) is 13.4. The molecule has 1 N–H and O–H groups in total. The van der Waals surface area contributed by atoms with Crippen molar-refractivity contribution in [2.45, 2.75) is 32.2 Å². The minimum Gasteiger partial charge on any atom is -0.481 e. The summed E-state index contributed by atoms with van der Waals surface area (Å²) in [6, 6.07) is 7.40. The Hall–Kier alpha value is -1.88. The van der Waals surface area contributed by atoms with Crippen LogP contribution in [0.2, 0.25) is 0 Å². The van der Waals surface area contributed by atoms with Gasteiger partial charge in [-0.15, -0.1) is 0 Å². The summed E-state index contributed by atoms with van der Waals surface area (Å²) in [5.41, 5.74) is 1.98. The molecule has 1 aromatic carbocycles. The van der Waals surface area contributed by atoms with E-state index < -0.39 is 11.9 Å². The van der Waals surface area contributed by atoms with Crippen LogP contribution in [0.5, 0.6) is 0 Å². The number of carboxylic acids is 1. The second-order valence-corrected chi connectivity index (χ2v) is 6.56. The number of aryl methyl sites for hydroxylation is 1. The Bertz CT molecular complexity index is 594. The molecule has 3 atom stereocenters. The van der Waals surface area contributed by atoms with Crippen molar-refractivity contribution in [1.82, 2.24) is 4.90 Å². The van der Waals surface area contributed by atoms with Crippen molar-refractivity contribution < 1.29 is 19.4 Å². The first-order valence-corrected chi connectivity index (χ1v) is 8.23. The summed E-state index contributed by atoms with van der Waals surface area (Å²) in [7, 11) is 0. The first-order valence-electron chi connectivity index (χ1n) is 8.23. The smallest absolute Gasteiger partial charge is 0.308 e. The van der Waals surface area contributed by atoms with Crippen LogP contribution in [0.4, 0.5) is 0 Å². The van der Waals surface area contributed by atoms with Gasteiger partial charge >= 0.3 is 5.97 Å². The number of hydrogen-bond acceptors (Lipinski definition) is 3. The molecule has 0 aromatic heterocycles. The van der Waals surface area contributed by atoms with Crippen LogP contribution in [0.3, 0.4) is 0 Å². The molecule has 23 heavy (non-hydrogen) atoms. The van der Waals surface area contributed by atoms with Crippen LogP contribution in [-0.4, -0.2) is 41.6 Å². The number of likely N-dealkylation sites (tertiary alicyclic amines) is 1. The number of benzene rings is 1. The summed E-state index contributed by atoms with van der Waals surface area (Å²) in [5.74, 6) is -1.00. The minimum atomic E-state index is -0.821. The molecule has 2 aliphatic heterocycles. The number of rotatable bonds is 4. The molecular formula is C18H23NO4. The van der Waals surface area contributed by atoms with E-state index in [1.54, 1.807) is 4.90 Å². The molecule has 2 heterocycles. The molecule has 2 saturated heterocycles. The number of piperidine rings is 1. The fourth-order valence-corrected chi connectivity index (χ4v) is 3.74. The molecule has 0 spiro atoms. The van der Waals surface area contributed by atoms with Crippen molar-refractivity contribution in [2.75, 3.05) is 19.8 Å². The summed E-state index contributed by atoms with van der Waals surface area (Å²) in [4.78, 5) is 26.1. The maximum absolute atomic E-state index is 12.5. The number of carboxylic acid groups (broad SMARTS) is 1. The van der Waals surface area contributed by atoms with Crippen LogP contribution in [0, 0.1) is 18.8 Å². The predicted octanol–water partition coefficient (Wildman–Crippen LogP) is 2.40. The molecule has 2 aliphatic rings. The maximum Gasteiger partial charge on any atom is 0.308 e. The molecule has 1 amide bonds. The molecule has 0 radical (unpaired) electrons. The van der Waals surface area contributed by atoms with Gasteiger partial charge in [-0.2, -0.15) is 0 Å². The fraction of sp³-hybridized carbons (Fsp3) is 0.556. The third-order valence-electron chi connectivity index (χ3n) is 5.01. The highest BCUT2D eigenvalue weighted by Gasteiger charge is 2.42. The van der Waals surface area contributed by atoms with Crippen LogP contribution >= 0.6 is 0 Å². The largest absolute Gasteiger partial charge is 0.481 e. The van der Waals surface area contributed by atoms with Crippen molar-refractivity contribution in [1.29, 1.82) is 0 Å². The van der Waals surface area contributed by atoms with Crippen LogP contribution in [0.15, 0.2) is 24.3 Å². The SMILES string of the molecule is Cc1ccccc1[C@@H]1[C@H](C(=O)O)CCC(=O)N1C[C@H]1CCOC1. The number of carbonyl (C=O) groups is 2. The van der Waals surface area contributed by atoms with E-state index in [-0.39, 0.29) is 11.9 Å². The summed E-state index contributed by atoms with van der Waals surface area (Å²) >= 11 is 0. The van der Waals surface area contributed by atoms with E-state index in [0.717, 1.165) is 24.2 Å². The van der Waals surface area contributed by atoms with E-state index in [2.05, 4.69) is 0 Å². The lowest BCUT2D eigenvalue weighted by Gasteiger charge is -2.41. The monoisotopic (exact) mass is 317 g/mol. The van der Waals surface area contributed by atoms with Gasteiger partial charge in [0, 0.05) is 25.5 Å². The van der Waals surface area contributed by atoms with Crippen molar-refractivity contribution in [3.63, 3.8) is 0 Å². The van der Waals surface area contributed by atoms with Crippen molar-refractivity contribution in [3.05, 3.63) is 35.4 Å². The van der Waals surface area contributed by atoms with Gasteiger partial charge in [0.1, 0.15) is 0 Å². The van der Waals surface area contributed by atoms with E-state index in [1.165, 1.54) is 0 Å². The number of hydrogen-bond donors (Lipinski definition) is 1. The zero-order chi connectivity index (χ0) is 16.4. The molecule has 0 saturated carbocycles. The van der Waals surface area contributed by atoms with Crippen LogP contribution < -0.4 is 0 Å². The molecular weight excluding hydrogens is 294 g/mol. The van der Waals surface area contributed by atoms with Gasteiger partial charge in [-0.1, -0.05) is 24.3 Å². The maximum atomic E-state index is 12.5. The van der Waals surface area contributed by atoms with E-state index >= 15 is 0 Å². The average Bonchev–Trinajstić information content (AvgIpc) is 3.03. The topological polar surface area (TPSA) is 66.8 Å². The third kappa shape index (κ3) is 3.24. The molecule has 5 nitrogen and oxygen atoms in total. The van der Waals surface area contributed by atoms with E-state index in [0.29, 0.717) is 31.9 Å². The van der Waals surface area contributed by atoms with Gasteiger partial charge in [-0.25, -0.2) is 0 Å². The number of aliphatic carboxylic acids is 1. The van der Waals surface area contributed by atoms with Gasteiger partial charge in [0.05, 0.1) is 18.6 Å². The molecule has 1 aromatic rings. The Morgan fingerprint density at radius 1 is 1.35 bits per heavy atom. The van der Waals surface area contributed by atoms with Gasteiger partial charge in [-0.05, 0) is 30.9 Å². The van der Waals surface area contributed by atoms with Crippen molar-refractivity contribution in [3.8, 4) is 0 Å². The van der Waals surface area contributed by atoms with Gasteiger partial charge < -0.3 is 14.7 Å². The summed E-state index contributed by atoms with van der Waals surface area (Å²) in [6.07, 6.45) is 1.65. The lowest BCUT2D eigenvalue weighted by molar-refractivity contribution is -0.152.